The van der Waals surface area contributed by atoms with E-state index in [2.05, 4.69) is 0 Å². The zero-order chi connectivity index (χ0) is 22.9. The average molecular weight is 391 g/mol. The van der Waals surface area contributed by atoms with E-state index in [1.807, 2.05) is 6.07 Å². The molecule has 0 aromatic heterocycles. The molecule has 1 aliphatic rings. The Labute approximate surface area is 175 Å². The van der Waals surface area contributed by atoms with Crippen LogP contribution in [0, 0.1) is 102 Å². The molecule has 0 aliphatic heterocycles. The Kier molecular flexibility index (Phi) is 4.50. The minimum absolute atomic E-state index is 0.112. The lowest BCUT2D eigenvalue weighted by atomic mass is 9.85. The molecular weight excluding hydrogens is 390 g/mol. The zero-order valence-electron chi connectivity index (χ0n) is 15.1. The first-order chi connectivity index (χ1) is 15.0. The van der Waals surface area contributed by atoms with Gasteiger partial charge in [0.25, 0.3) is 0 Å². The summed E-state index contributed by atoms with van der Waals surface area (Å²) in [6, 6.07) is 15.8. The van der Waals surface area contributed by atoms with Crippen LogP contribution in [-0.2, 0) is 0 Å². The number of benzene rings is 2. The molecule has 134 valence electrons. The molecule has 9 heteroatoms. The first kappa shape index (κ1) is 19.6. The van der Waals surface area contributed by atoms with Gasteiger partial charge in [0.2, 0.25) is 0 Å². The number of nitrogens with zero attached hydrogens (tertiary/aromatic N) is 9. The van der Waals surface area contributed by atoms with Crippen LogP contribution in [0.4, 0.5) is 0 Å². The Morgan fingerprint density at radius 1 is 0.355 bits per heavy atom. The fourth-order valence-corrected chi connectivity index (χ4v) is 3.81. The second kappa shape index (κ2) is 7.11. The van der Waals surface area contributed by atoms with Crippen molar-refractivity contribution in [1.82, 2.24) is 0 Å². The zero-order valence-corrected chi connectivity index (χ0v) is 15.1. The van der Waals surface area contributed by atoms with Crippen LogP contribution in [0.1, 0.15) is 61.6 Å². The lowest BCUT2D eigenvalue weighted by molar-refractivity contribution is 1.06. The third-order valence-corrected chi connectivity index (χ3v) is 4.93. The third-order valence-electron chi connectivity index (χ3n) is 4.93. The Bertz CT molecular complexity index is 1510. The van der Waals surface area contributed by atoms with Gasteiger partial charge in [-0.25, -0.2) is 0 Å². The maximum atomic E-state index is 9.88. The van der Waals surface area contributed by atoms with E-state index >= 15 is 0 Å². The molecule has 2 aromatic carbocycles. The molecule has 0 atom stereocenters. The number of rotatable bonds is 0. The molecule has 1 aliphatic carbocycles. The Morgan fingerprint density at radius 3 is 0.839 bits per heavy atom. The average Bonchev–Trinajstić information content (AvgIpc) is 3.14. The van der Waals surface area contributed by atoms with Crippen LogP contribution in [0.3, 0.4) is 0 Å². The van der Waals surface area contributed by atoms with Gasteiger partial charge in [0.1, 0.15) is 54.5 Å². The molecule has 0 heterocycles. The minimum Gasteiger partial charge on any atom is -0.197 e. The molecule has 0 saturated carbocycles. The van der Waals surface area contributed by atoms with E-state index in [1.165, 1.54) is 0 Å². The Hall–Kier alpha value is -6.15. The van der Waals surface area contributed by atoms with E-state index in [0.717, 1.165) is 0 Å². The van der Waals surface area contributed by atoms with Crippen molar-refractivity contribution in [2.24, 2.45) is 0 Å². The van der Waals surface area contributed by atoms with E-state index in [1.54, 1.807) is 48.6 Å². The summed E-state index contributed by atoms with van der Waals surface area (Å²) in [5.74, 6) is -1.38. The molecule has 9 nitrogen and oxygen atoms in total. The highest BCUT2D eigenvalue weighted by molar-refractivity contribution is 5.96. The largest absolute Gasteiger partial charge is 0.197 e. The first-order valence-electron chi connectivity index (χ1n) is 8.13. The molecule has 0 radical (unpaired) electrons. The van der Waals surface area contributed by atoms with Crippen LogP contribution >= 0.6 is 0 Å². The van der Waals surface area contributed by atoms with E-state index in [4.69, 9.17) is 0 Å². The predicted octanol–water partition coefficient (Wildman–Crippen LogP) is 2.30. The van der Waals surface area contributed by atoms with E-state index < -0.39 is 28.2 Å². The highest BCUT2D eigenvalue weighted by atomic mass is 14.5. The van der Waals surface area contributed by atoms with Crippen LogP contribution in [-0.4, -0.2) is 0 Å². The molecule has 0 unspecified atom stereocenters. The summed E-state index contributed by atoms with van der Waals surface area (Å²) >= 11 is 0. The summed E-state index contributed by atoms with van der Waals surface area (Å²) < 4.78 is 0. The highest BCUT2D eigenvalue weighted by Crippen LogP contribution is 2.53. The highest BCUT2D eigenvalue weighted by Gasteiger charge is 2.42. The molecule has 3 rings (SSSR count). The van der Waals surface area contributed by atoms with Gasteiger partial charge in [-0.05, 0) is 0 Å². The van der Waals surface area contributed by atoms with Gasteiger partial charge in [-0.3, -0.25) is 0 Å². The summed E-state index contributed by atoms with van der Waals surface area (Å²) in [4.78, 5) is 0. The Balaban J connectivity index is 2.86. The number of hydrogen-bond acceptors (Lipinski definition) is 9. The quantitative estimate of drug-likeness (QED) is 0.642. The summed E-state index contributed by atoms with van der Waals surface area (Å²) in [5, 5.41) is 87.0. The van der Waals surface area contributed by atoms with Crippen molar-refractivity contribution in [1.29, 1.82) is 47.4 Å². The first-order valence-corrected chi connectivity index (χ1v) is 8.13. The molecule has 0 N–H and O–H groups in total. The molecule has 0 spiro atoms. The SMILES string of the molecule is N#Cc1c(C#N)c(C#N)c2c(c1C#N)-c1c(C#N)c(C#N)c(C#N)c(C#N)c1C2C#N. The smallest absolute Gasteiger partial charge is 0.102 e. The fraction of sp³-hybridized carbons (Fsp3) is 0.0455. The number of hydrogen-bond donors (Lipinski definition) is 0. The summed E-state index contributed by atoms with van der Waals surface area (Å²) in [6.45, 7) is 0. The van der Waals surface area contributed by atoms with Crippen molar-refractivity contribution < 1.29 is 0 Å². The maximum Gasteiger partial charge on any atom is 0.102 e. The van der Waals surface area contributed by atoms with E-state index in [0.29, 0.717) is 0 Å². The fourth-order valence-electron chi connectivity index (χ4n) is 3.81. The van der Waals surface area contributed by atoms with Crippen LogP contribution in [0.2, 0.25) is 0 Å². The van der Waals surface area contributed by atoms with Crippen LogP contribution in [0.25, 0.3) is 11.1 Å². The van der Waals surface area contributed by atoms with E-state index in [9.17, 15) is 47.4 Å². The topological polar surface area (TPSA) is 214 Å². The molecule has 0 fully saturated rings. The van der Waals surface area contributed by atoms with Gasteiger partial charge in [0.05, 0.1) is 50.6 Å². The molecule has 31 heavy (non-hydrogen) atoms. The summed E-state index contributed by atoms with van der Waals surface area (Å²) in [6.07, 6.45) is 0. The van der Waals surface area contributed by atoms with Crippen LogP contribution < -0.4 is 0 Å². The lowest BCUT2D eigenvalue weighted by Gasteiger charge is -2.12. The van der Waals surface area contributed by atoms with Crippen molar-refractivity contribution in [2.45, 2.75) is 5.92 Å². The summed E-state index contributed by atoms with van der Waals surface area (Å²) in [7, 11) is 0. The van der Waals surface area contributed by atoms with Gasteiger partial charge >= 0.3 is 0 Å². The molecule has 0 amide bonds. The second-order valence-corrected chi connectivity index (χ2v) is 6.03. The standard InChI is InChI=1S/C22HN9/c23-1-10-12(3-25)16(7-29)21-19(14(10)5-27)18(9-31)20-15(6-28)11(2-24)13(4-26)17(8-30)22(20)21/h18H. The van der Waals surface area contributed by atoms with Crippen molar-refractivity contribution in [3.05, 3.63) is 55.6 Å². The van der Waals surface area contributed by atoms with Crippen molar-refractivity contribution >= 4 is 0 Å². The van der Waals surface area contributed by atoms with Gasteiger partial charge in [-0.1, -0.05) is 0 Å². The number of nitriles is 9. The molecule has 2 aromatic rings. The third kappa shape index (κ3) is 2.21. The second-order valence-electron chi connectivity index (χ2n) is 6.03. The minimum atomic E-state index is -1.38. The molecule has 0 saturated heterocycles. The van der Waals surface area contributed by atoms with Crippen LogP contribution in [0.15, 0.2) is 0 Å². The Morgan fingerprint density at radius 2 is 0.613 bits per heavy atom. The van der Waals surface area contributed by atoms with Crippen molar-refractivity contribution in [2.75, 3.05) is 0 Å². The monoisotopic (exact) mass is 391 g/mol. The maximum absolute atomic E-state index is 9.88. The van der Waals surface area contributed by atoms with Gasteiger partial charge < -0.3 is 0 Å². The number of fused-ring (bicyclic) bond motifs is 3. The van der Waals surface area contributed by atoms with E-state index in [-0.39, 0.29) is 44.5 Å². The van der Waals surface area contributed by atoms with Crippen molar-refractivity contribution in [3.8, 4) is 65.7 Å². The van der Waals surface area contributed by atoms with Gasteiger partial charge in [-0.15, -0.1) is 0 Å². The normalized spacial score (nSPS) is 10.2. The molecule has 0 bridgehead atoms. The predicted molar refractivity (Wildman–Crippen MR) is 97.1 cm³/mol. The van der Waals surface area contributed by atoms with Gasteiger partial charge in [0.15, 0.2) is 0 Å². The van der Waals surface area contributed by atoms with Crippen molar-refractivity contribution in [3.63, 3.8) is 0 Å². The lowest BCUT2D eigenvalue weighted by Crippen LogP contribution is -2.05. The molecular formula is C22HN9. The summed E-state index contributed by atoms with van der Waals surface area (Å²) in [5.41, 5.74) is -3.57. The van der Waals surface area contributed by atoms with Crippen LogP contribution in [0.5, 0.6) is 0 Å². The van der Waals surface area contributed by atoms with Gasteiger partial charge in [-0.2, -0.15) is 47.4 Å². The van der Waals surface area contributed by atoms with Gasteiger partial charge in [0, 0.05) is 22.3 Å².